The molecule has 1 aromatic carbocycles. The largest absolute Gasteiger partial charge is 1.00 e. The Morgan fingerprint density at radius 1 is 0.947 bits per heavy atom. The summed E-state index contributed by atoms with van der Waals surface area (Å²) < 4.78 is 1.17. The van der Waals surface area contributed by atoms with Crippen molar-refractivity contribution in [2.24, 2.45) is 5.41 Å². The Kier molecular flexibility index (Phi) is 4.61. The minimum Gasteiger partial charge on any atom is -1.00 e. The van der Waals surface area contributed by atoms with Crippen LogP contribution in [0.1, 0.15) is 44.1 Å². The lowest BCUT2D eigenvalue weighted by atomic mass is 9.73. The van der Waals surface area contributed by atoms with Crippen LogP contribution in [0.2, 0.25) is 0 Å². The van der Waals surface area contributed by atoms with E-state index in [1.54, 1.807) is 0 Å². The van der Waals surface area contributed by atoms with E-state index in [9.17, 15) is 0 Å². The highest BCUT2D eigenvalue weighted by Crippen LogP contribution is 2.47. The molecule has 0 aromatic heterocycles. The van der Waals surface area contributed by atoms with Gasteiger partial charge < -0.3 is 24.0 Å². The maximum atomic E-state index is 2.44. The molecule has 1 saturated heterocycles. The topological polar surface area (TPSA) is 0 Å². The summed E-state index contributed by atoms with van der Waals surface area (Å²) in [6.45, 7) is 4.88. The molecule has 1 saturated carbocycles. The number of benzene rings is 1. The predicted molar refractivity (Wildman–Crippen MR) is 78.8 cm³/mol. The van der Waals surface area contributed by atoms with Gasteiger partial charge in [-0.15, -0.1) is 0 Å². The first-order valence-electron chi connectivity index (χ1n) is 7.54. The lowest BCUT2D eigenvalue weighted by Crippen LogP contribution is -3.00. The van der Waals surface area contributed by atoms with Crippen molar-refractivity contribution in [3.05, 3.63) is 29.8 Å². The van der Waals surface area contributed by atoms with E-state index in [1.807, 2.05) is 0 Å². The fourth-order valence-electron chi connectivity index (χ4n) is 4.22. The molecule has 1 aromatic rings. The number of hydrogen-bond donors (Lipinski definition) is 0. The third kappa shape index (κ3) is 2.99. The second kappa shape index (κ2) is 5.72. The zero-order valence-electron chi connectivity index (χ0n) is 12.3. The quantitative estimate of drug-likeness (QED) is 0.516. The van der Waals surface area contributed by atoms with Gasteiger partial charge in [-0.1, -0.05) is 37.0 Å². The van der Waals surface area contributed by atoms with Crippen molar-refractivity contribution in [3.63, 3.8) is 0 Å². The summed E-state index contributed by atoms with van der Waals surface area (Å²) in [4.78, 5) is 0. The molecule has 2 heteroatoms. The van der Waals surface area contributed by atoms with Crippen molar-refractivity contribution in [1.29, 1.82) is 0 Å². The monoisotopic (exact) mass is 371 g/mol. The Hall–Kier alpha value is -0.0900. The molecule has 19 heavy (non-hydrogen) atoms. The Morgan fingerprint density at radius 3 is 2.21 bits per heavy atom. The Bertz CT molecular complexity index is 419. The third-order valence-corrected chi connectivity index (χ3v) is 5.39. The van der Waals surface area contributed by atoms with Crippen LogP contribution < -0.4 is 28.5 Å². The van der Waals surface area contributed by atoms with E-state index >= 15 is 0 Å². The smallest absolute Gasteiger partial charge is 0.132 e. The summed E-state index contributed by atoms with van der Waals surface area (Å²) in [6.07, 6.45) is 8.80. The molecule has 1 unspecified atom stereocenters. The minimum absolute atomic E-state index is 0. The van der Waals surface area contributed by atoms with E-state index in [0.717, 1.165) is 0 Å². The molecule has 1 aliphatic carbocycles. The molecule has 1 heterocycles. The van der Waals surface area contributed by atoms with Crippen LogP contribution in [0, 0.1) is 12.3 Å². The summed E-state index contributed by atoms with van der Waals surface area (Å²) in [5.41, 5.74) is 3.57. The van der Waals surface area contributed by atoms with Crippen LogP contribution in [0.5, 0.6) is 0 Å². The molecule has 2 aliphatic rings. The molecular formula is C17H26IN. The number of rotatable bonds is 1. The average molecular weight is 371 g/mol. The van der Waals surface area contributed by atoms with Crippen LogP contribution in [-0.2, 0) is 0 Å². The molecule has 1 nitrogen and oxygen atoms in total. The predicted octanol–water partition coefficient (Wildman–Crippen LogP) is 1.29. The normalized spacial score (nSPS) is 29.2. The maximum Gasteiger partial charge on any atom is 0.132 e. The summed E-state index contributed by atoms with van der Waals surface area (Å²) in [6, 6.07) is 9.23. The van der Waals surface area contributed by atoms with Gasteiger partial charge in [0.15, 0.2) is 0 Å². The molecule has 0 amide bonds. The highest BCUT2D eigenvalue weighted by molar-refractivity contribution is 5.45. The Labute approximate surface area is 135 Å². The van der Waals surface area contributed by atoms with Crippen molar-refractivity contribution in [2.45, 2.75) is 45.4 Å². The summed E-state index contributed by atoms with van der Waals surface area (Å²) in [5.74, 6) is 0. The highest BCUT2D eigenvalue weighted by Gasteiger charge is 2.47. The maximum absolute atomic E-state index is 2.44. The minimum atomic E-state index is 0. The van der Waals surface area contributed by atoms with Gasteiger partial charge in [-0.2, -0.15) is 0 Å². The fourth-order valence-corrected chi connectivity index (χ4v) is 4.22. The van der Waals surface area contributed by atoms with Crippen LogP contribution >= 0.6 is 0 Å². The molecule has 3 rings (SSSR count). The SMILES string of the molecule is Cc1ccc([N+]2(C)CCC3(CCCCC3)C2)cc1.[I-]. The summed E-state index contributed by atoms with van der Waals surface area (Å²) in [5, 5.41) is 0. The summed E-state index contributed by atoms with van der Waals surface area (Å²) in [7, 11) is 2.44. The number of likely N-dealkylation sites (tertiary alicyclic amines) is 1. The van der Waals surface area contributed by atoms with Crippen LogP contribution in [0.15, 0.2) is 24.3 Å². The van der Waals surface area contributed by atoms with Gasteiger partial charge in [0.2, 0.25) is 0 Å². The van der Waals surface area contributed by atoms with Crippen LogP contribution in [-0.4, -0.2) is 20.1 Å². The van der Waals surface area contributed by atoms with Gasteiger partial charge in [0, 0.05) is 11.8 Å². The summed E-state index contributed by atoms with van der Waals surface area (Å²) >= 11 is 0. The van der Waals surface area contributed by atoms with Crippen molar-refractivity contribution >= 4 is 5.69 Å². The van der Waals surface area contributed by atoms with Gasteiger partial charge >= 0.3 is 0 Å². The third-order valence-electron chi connectivity index (χ3n) is 5.39. The number of hydrogen-bond acceptors (Lipinski definition) is 0. The van der Waals surface area contributed by atoms with Crippen molar-refractivity contribution < 1.29 is 24.0 Å². The molecule has 0 radical (unpaired) electrons. The first-order chi connectivity index (χ1) is 8.62. The number of nitrogens with zero attached hydrogens (tertiary/aromatic N) is 1. The van der Waals surface area contributed by atoms with Crippen LogP contribution in [0.3, 0.4) is 0 Å². The van der Waals surface area contributed by atoms with Gasteiger partial charge in [0.05, 0.1) is 20.1 Å². The second-order valence-corrected chi connectivity index (χ2v) is 6.92. The molecule has 2 fully saturated rings. The Morgan fingerprint density at radius 2 is 1.58 bits per heavy atom. The number of halogens is 1. The van der Waals surface area contributed by atoms with Gasteiger partial charge in [0.25, 0.3) is 0 Å². The number of quaternary nitrogens is 1. The number of aryl methyl sites for hydroxylation is 1. The van der Waals surface area contributed by atoms with E-state index < -0.39 is 0 Å². The molecular weight excluding hydrogens is 345 g/mol. The first-order valence-corrected chi connectivity index (χ1v) is 7.54. The molecule has 1 atom stereocenters. The molecule has 106 valence electrons. The molecule has 1 aliphatic heterocycles. The molecule has 1 spiro atoms. The van der Waals surface area contributed by atoms with E-state index in [4.69, 9.17) is 0 Å². The van der Waals surface area contributed by atoms with Gasteiger partial charge in [0.1, 0.15) is 5.69 Å². The van der Waals surface area contributed by atoms with E-state index in [1.165, 1.54) is 67.3 Å². The van der Waals surface area contributed by atoms with E-state index in [2.05, 4.69) is 38.2 Å². The van der Waals surface area contributed by atoms with Crippen molar-refractivity contribution in [3.8, 4) is 0 Å². The van der Waals surface area contributed by atoms with Gasteiger partial charge in [-0.25, -0.2) is 0 Å². The average Bonchev–Trinajstić information content (AvgIpc) is 2.70. The second-order valence-electron chi connectivity index (χ2n) is 6.92. The van der Waals surface area contributed by atoms with Gasteiger partial charge in [-0.3, -0.25) is 4.48 Å². The standard InChI is InChI=1S/C17H26N.HI/c1-15-6-8-16(9-7-15)18(2)13-12-17(14-18)10-4-3-5-11-17;/h6-9H,3-5,10-14H2,1-2H3;1H/q+1;/p-1. The lowest BCUT2D eigenvalue weighted by Gasteiger charge is -2.35. The fraction of sp³-hybridized carbons (Fsp3) is 0.647. The van der Waals surface area contributed by atoms with Gasteiger partial charge in [-0.05, 0) is 31.9 Å². The zero-order valence-corrected chi connectivity index (χ0v) is 14.4. The van der Waals surface area contributed by atoms with Crippen molar-refractivity contribution in [2.75, 3.05) is 20.1 Å². The zero-order chi connectivity index (χ0) is 12.6. The van der Waals surface area contributed by atoms with E-state index in [-0.39, 0.29) is 24.0 Å². The van der Waals surface area contributed by atoms with E-state index in [0.29, 0.717) is 5.41 Å². The Balaban J connectivity index is 0.00000133. The van der Waals surface area contributed by atoms with Crippen LogP contribution in [0.4, 0.5) is 5.69 Å². The molecule has 0 bridgehead atoms. The lowest BCUT2D eigenvalue weighted by molar-refractivity contribution is -0.00000431. The molecule has 0 N–H and O–H groups in total. The highest BCUT2D eigenvalue weighted by atomic mass is 127. The first kappa shape index (κ1) is 15.3. The van der Waals surface area contributed by atoms with Crippen molar-refractivity contribution in [1.82, 2.24) is 4.48 Å². The van der Waals surface area contributed by atoms with Crippen LogP contribution in [0.25, 0.3) is 0 Å².